The molecule has 0 bridgehead atoms. The molecule has 0 heterocycles. The largest absolute Gasteiger partial charge is 0.290 e. The molecule has 0 aromatic carbocycles. The molecule has 0 spiro atoms. The van der Waals surface area contributed by atoms with E-state index in [9.17, 15) is 4.79 Å². The van der Waals surface area contributed by atoms with Gasteiger partial charge in [0, 0.05) is 0 Å². The highest BCUT2D eigenvalue weighted by atomic mass is 16.1. The van der Waals surface area contributed by atoms with Crippen molar-refractivity contribution >= 4 is 5.78 Å². The van der Waals surface area contributed by atoms with Gasteiger partial charge in [0.2, 0.25) is 0 Å². The Morgan fingerprint density at radius 1 is 1.62 bits per heavy atom. The highest BCUT2D eigenvalue weighted by Gasteiger charge is 1.91. The molecule has 0 saturated carbocycles. The summed E-state index contributed by atoms with van der Waals surface area (Å²) >= 11 is 0. The van der Waals surface area contributed by atoms with E-state index >= 15 is 0 Å². The number of carbonyl (C=O) groups is 1. The SMILES string of the molecule is C=C(C)C(=O)/C=C/C. The van der Waals surface area contributed by atoms with Gasteiger partial charge >= 0.3 is 0 Å². The second-order valence-corrected chi connectivity index (χ2v) is 1.64. The molecule has 0 fully saturated rings. The molecular formula is C7H10O. The second kappa shape index (κ2) is 3.19. The summed E-state index contributed by atoms with van der Waals surface area (Å²) in [6.45, 7) is 6.98. The van der Waals surface area contributed by atoms with Crippen molar-refractivity contribution < 1.29 is 4.79 Å². The lowest BCUT2D eigenvalue weighted by atomic mass is 10.2. The molecular weight excluding hydrogens is 100 g/mol. The van der Waals surface area contributed by atoms with Gasteiger partial charge in [-0.25, -0.2) is 0 Å². The maximum atomic E-state index is 10.6. The van der Waals surface area contributed by atoms with Crippen LogP contribution in [0.3, 0.4) is 0 Å². The van der Waals surface area contributed by atoms with E-state index in [1.807, 2.05) is 0 Å². The Morgan fingerprint density at radius 3 is 2.25 bits per heavy atom. The third-order valence-corrected chi connectivity index (χ3v) is 0.739. The fourth-order valence-corrected chi connectivity index (χ4v) is 0.294. The van der Waals surface area contributed by atoms with Crippen LogP contribution >= 0.6 is 0 Å². The molecule has 0 N–H and O–H groups in total. The standard InChI is InChI=1S/C7H10O/c1-4-5-7(8)6(2)3/h4-5H,2H2,1,3H3/b5-4+. The summed E-state index contributed by atoms with van der Waals surface area (Å²) in [4.78, 5) is 10.6. The number of rotatable bonds is 2. The van der Waals surface area contributed by atoms with E-state index in [4.69, 9.17) is 0 Å². The van der Waals surface area contributed by atoms with Crippen molar-refractivity contribution in [3.05, 3.63) is 24.3 Å². The number of ketones is 1. The summed E-state index contributed by atoms with van der Waals surface area (Å²) < 4.78 is 0. The van der Waals surface area contributed by atoms with E-state index in [0.717, 1.165) is 0 Å². The number of hydrogen-bond acceptors (Lipinski definition) is 1. The van der Waals surface area contributed by atoms with Crippen molar-refractivity contribution in [1.29, 1.82) is 0 Å². The third-order valence-electron chi connectivity index (χ3n) is 0.739. The van der Waals surface area contributed by atoms with Crippen LogP contribution in [0.5, 0.6) is 0 Å². The molecule has 0 atom stereocenters. The molecule has 0 aromatic rings. The predicted molar refractivity (Wildman–Crippen MR) is 34.6 cm³/mol. The molecule has 0 aliphatic rings. The summed E-state index contributed by atoms with van der Waals surface area (Å²) in [6.07, 6.45) is 3.21. The summed E-state index contributed by atoms with van der Waals surface area (Å²) in [5.74, 6) is 0.00694. The monoisotopic (exact) mass is 110 g/mol. The fourth-order valence-electron chi connectivity index (χ4n) is 0.294. The molecule has 0 saturated heterocycles. The van der Waals surface area contributed by atoms with Gasteiger partial charge in [0.15, 0.2) is 5.78 Å². The maximum absolute atomic E-state index is 10.6. The highest BCUT2D eigenvalue weighted by Crippen LogP contribution is 1.89. The lowest BCUT2D eigenvalue weighted by Gasteiger charge is -1.85. The quantitative estimate of drug-likeness (QED) is 0.494. The van der Waals surface area contributed by atoms with Gasteiger partial charge in [-0.05, 0) is 25.5 Å². The molecule has 1 nitrogen and oxygen atoms in total. The third kappa shape index (κ3) is 2.35. The Balaban J connectivity index is 3.85. The first kappa shape index (κ1) is 7.15. The molecule has 1 heteroatoms. The first-order valence-electron chi connectivity index (χ1n) is 2.51. The van der Waals surface area contributed by atoms with E-state index < -0.39 is 0 Å². The highest BCUT2D eigenvalue weighted by molar-refractivity contribution is 6.02. The molecule has 44 valence electrons. The van der Waals surface area contributed by atoms with Crippen molar-refractivity contribution in [1.82, 2.24) is 0 Å². The smallest absolute Gasteiger partial charge is 0.180 e. The molecule has 0 amide bonds. The van der Waals surface area contributed by atoms with Gasteiger partial charge < -0.3 is 0 Å². The molecule has 0 rings (SSSR count). The topological polar surface area (TPSA) is 17.1 Å². The van der Waals surface area contributed by atoms with Crippen LogP contribution < -0.4 is 0 Å². The van der Waals surface area contributed by atoms with Crippen LogP contribution in [-0.2, 0) is 4.79 Å². The Kier molecular flexibility index (Phi) is 2.85. The van der Waals surface area contributed by atoms with Gasteiger partial charge in [0.25, 0.3) is 0 Å². The maximum Gasteiger partial charge on any atom is 0.180 e. The summed E-state index contributed by atoms with van der Waals surface area (Å²) in [7, 11) is 0. The minimum atomic E-state index is 0.00694. The van der Waals surface area contributed by atoms with E-state index in [1.165, 1.54) is 6.08 Å². The van der Waals surface area contributed by atoms with Gasteiger partial charge in [-0.1, -0.05) is 12.7 Å². The minimum absolute atomic E-state index is 0.00694. The molecule has 0 unspecified atom stereocenters. The van der Waals surface area contributed by atoms with Crippen molar-refractivity contribution in [3.63, 3.8) is 0 Å². The van der Waals surface area contributed by atoms with Gasteiger partial charge in [0.05, 0.1) is 0 Å². The van der Waals surface area contributed by atoms with Crippen molar-refractivity contribution in [2.75, 3.05) is 0 Å². The second-order valence-electron chi connectivity index (χ2n) is 1.64. The molecule has 0 radical (unpaired) electrons. The zero-order valence-corrected chi connectivity index (χ0v) is 5.27. The average Bonchev–Trinajstić information content (AvgIpc) is 1.67. The average molecular weight is 110 g/mol. The summed E-state index contributed by atoms with van der Waals surface area (Å²) in [5, 5.41) is 0. The van der Waals surface area contributed by atoms with Crippen molar-refractivity contribution in [3.8, 4) is 0 Å². The normalized spacial score (nSPS) is 9.75. The van der Waals surface area contributed by atoms with E-state index in [0.29, 0.717) is 5.57 Å². The molecule has 0 aromatic heterocycles. The van der Waals surface area contributed by atoms with Crippen LogP contribution in [0.4, 0.5) is 0 Å². The van der Waals surface area contributed by atoms with Gasteiger partial charge in [-0.15, -0.1) is 0 Å². The van der Waals surface area contributed by atoms with E-state index in [-0.39, 0.29) is 5.78 Å². The van der Waals surface area contributed by atoms with E-state index in [2.05, 4.69) is 6.58 Å². The first-order chi connectivity index (χ1) is 3.68. The zero-order chi connectivity index (χ0) is 6.57. The summed E-state index contributed by atoms with van der Waals surface area (Å²) in [5.41, 5.74) is 0.586. The minimum Gasteiger partial charge on any atom is -0.290 e. The van der Waals surface area contributed by atoms with Crippen LogP contribution in [-0.4, -0.2) is 5.78 Å². The van der Waals surface area contributed by atoms with E-state index in [1.54, 1.807) is 19.9 Å². The Hall–Kier alpha value is -0.850. The molecule has 0 aliphatic heterocycles. The van der Waals surface area contributed by atoms with Gasteiger partial charge in [-0.3, -0.25) is 4.79 Å². The van der Waals surface area contributed by atoms with Crippen LogP contribution in [0, 0.1) is 0 Å². The van der Waals surface area contributed by atoms with Crippen LogP contribution in [0.25, 0.3) is 0 Å². The van der Waals surface area contributed by atoms with Gasteiger partial charge in [-0.2, -0.15) is 0 Å². The first-order valence-corrected chi connectivity index (χ1v) is 2.51. The Morgan fingerprint density at radius 2 is 2.12 bits per heavy atom. The number of carbonyl (C=O) groups excluding carboxylic acids is 1. The fraction of sp³-hybridized carbons (Fsp3) is 0.286. The van der Waals surface area contributed by atoms with Crippen LogP contribution in [0.2, 0.25) is 0 Å². The lowest BCUT2D eigenvalue weighted by Crippen LogP contribution is -1.90. The van der Waals surface area contributed by atoms with Crippen LogP contribution in [0.1, 0.15) is 13.8 Å². The predicted octanol–water partition coefficient (Wildman–Crippen LogP) is 1.71. The summed E-state index contributed by atoms with van der Waals surface area (Å²) in [6, 6.07) is 0. The van der Waals surface area contributed by atoms with Crippen molar-refractivity contribution in [2.45, 2.75) is 13.8 Å². The van der Waals surface area contributed by atoms with Crippen molar-refractivity contribution in [2.24, 2.45) is 0 Å². The lowest BCUT2D eigenvalue weighted by molar-refractivity contribution is -0.111. The molecule has 0 aliphatic carbocycles. The van der Waals surface area contributed by atoms with Gasteiger partial charge in [0.1, 0.15) is 0 Å². The Bertz CT molecular complexity index is 131. The number of allylic oxidation sites excluding steroid dienone is 3. The number of hydrogen-bond donors (Lipinski definition) is 0. The molecule has 8 heavy (non-hydrogen) atoms. The van der Waals surface area contributed by atoms with Crippen LogP contribution in [0.15, 0.2) is 24.3 Å². The Labute approximate surface area is 49.7 Å². The zero-order valence-electron chi connectivity index (χ0n) is 5.27.